The Labute approximate surface area is 160 Å². The van der Waals surface area contributed by atoms with Crippen molar-refractivity contribution in [2.24, 2.45) is 0 Å². The van der Waals surface area contributed by atoms with E-state index in [2.05, 4.69) is 5.32 Å². The van der Waals surface area contributed by atoms with E-state index in [1.54, 1.807) is 6.92 Å². The molecule has 0 saturated carbocycles. The number of hydrogen-bond acceptors (Lipinski definition) is 4. The van der Waals surface area contributed by atoms with Crippen LogP contribution in [0.4, 0.5) is 14.5 Å². The fraction of sp³-hybridized carbons (Fsp3) is 0.263. The van der Waals surface area contributed by atoms with E-state index in [-0.39, 0.29) is 11.3 Å². The van der Waals surface area contributed by atoms with E-state index in [1.807, 2.05) is 0 Å². The Morgan fingerprint density at radius 2 is 1.79 bits per heavy atom. The number of halogens is 2. The van der Waals surface area contributed by atoms with Gasteiger partial charge in [-0.3, -0.25) is 19.7 Å². The zero-order valence-corrected chi connectivity index (χ0v) is 15.5. The molecule has 2 aromatic carbocycles. The van der Waals surface area contributed by atoms with Crippen molar-refractivity contribution in [3.05, 3.63) is 75.3 Å². The Kier molecular flexibility index (Phi) is 6.40. The van der Waals surface area contributed by atoms with E-state index in [1.165, 1.54) is 43.1 Å². The first-order valence-corrected chi connectivity index (χ1v) is 8.38. The smallest absolute Gasteiger partial charge is 0.270 e. The average molecular weight is 391 g/mol. The lowest BCUT2D eigenvalue weighted by Gasteiger charge is -2.28. The third-order valence-electron chi connectivity index (χ3n) is 4.39. The minimum absolute atomic E-state index is 0.0464. The first-order chi connectivity index (χ1) is 13.1. The highest BCUT2D eigenvalue weighted by atomic mass is 19.2. The topological polar surface area (TPSA) is 92.5 Å². The molecule has 2 rings (SSSR count). The molecule has 0 spiro atoms. The predicted molar refractivity (Wildman–Crippen MR) is 97.6 cm³/mol. The number of benzene rings is 2. The molecule has 2 atom stereocenters. The van der Waals surface area contributed by atoms with Gasteiger partial charge in [-0.25, -0.2) is 8.78 Å². The van der Waals surface area contributed by atoms with Crippen LogP contribution in [0.5, 0.6) is 0 Å². The zero-order chi connectivity index (χ0) is 21.0. The van der Waals surface area contributed by atoms with E-state index in [0.29, 0.717) is 5.56 Å². The predicted octanol–water partition coefficient (Wildman–Crippen LogP) is 3.21. The van der Waals surface area contributed by atoms with Gasteiger partial charge >= 0.3 is 0 Å². The molecule has 28 heavy (non-hydrogen) atoms. The molecule has 9 heteroatoms. The van der Waals surface area contributed by atoms with Gasteiger partial charge in [0.1, 0.15) is 6.04 Å². The fourth-order valence-electron chi connectivity index (χ4n) is 2.59. The number of amides is 2. The van der Waals surface area contributed by atoms with Crippen molar-refractivity contribution in [1.82, 2.24) is 10.2 Å². The Hall–Kier alpha value is -3.36. The molecule has 148 valence electrons. The number of likely N-dealkylation sites (N-methyl/N-ethyl adjacent to an activating group) is 1. The minimum Gasteiger partial charge on any atom is -0.341 e. The Morgan fingerprint density at radius 3 is 2.39 bits per heavy atom. The van der Waals surface area contributed by atoms with Crippen LogP contribution in [0.15, 0.2) is 42.5 Å². The van der Waals surface area contributed by atoms with Crippen LogP contribution in [-0.4, -0.2) is 34.7 Å². The maximum Gasteiger partial charge on any atom is 0.270 e. The van der Waals surface area contributed by atoms with E-state index < -0.39 is 40.5 Å². The zero-order valence-electron chi connectivity index (χ0n) is 15.5. The van der Waals surface area contributed by atoms with Crippen molar-refractivity contribution in [3.8, 4) is 0 Å². The van der Waals surface area contributed by atoms with Gasteiger partial charge in [0, 0.05) is 24.7 Å². The van der Waals surface area contributed by atoms with E-state index in [0.717, 1.165) is 18.2 Å². The summed E-state index contributed by atoms with van der Waals surface area (Å²) in [5.74, 6) is -3.10. The molecule has 0 aliphatic carbocycles. The molecule has 0 bridgehead atoms. The Morgan fingerprint density at radius 1 is 1.11 bits per heavy atom. The normalized spacial score (nSPS) is 12.8. The second-order valence-corrected chi connectivity index (χ2v) is 6.30. The number of rotatable bonds is 6. The molecule has 1 N–H and O–H groups in total. The number of carbonyl (C=O) groups is 2. The fourth-order valence-corrected chi connectivity index (χ4v) is 2.59. The van der Waals surface area contributed by atoms with Crippen LogP contribution < -0.4 is 5.32 Å². The summed E-state index contributed by atoms with van der Waals surface area (Å²) in [6.07, 6.45) is 0. The maximum atomic E-state index is 13.4. The highest BCUT2D eigenvalue weighted by Crippen LogP contribution is 2.21. The van der Waals surface area contributed by atoms with Crippen molar-refractivity contribution in [1.29, 1.82) is 0 Å². The van der Waals surface area contributed by atoms with Crippen molar-refractivity contribution < 1.29 is 23.3 Å². The van der Waals surface area contributed by atoms with Crippen molar-refractivity contribution >= 4 is 17.5 Å². The molecule has 7 nitrogen and oxygen atoms in total. The number of nitrogens with zero attached hydrogens (tertiary/aromatic N) is 2. The SMILES string of the molecule is CC(NC(=O)c1cccc([N+](=O)[O-])c1)C(=O)N(C)C(C)c1ccc(F)c(F)c1. The van der Waals surface area contributed by atoms with Crippen LogP contribution in [-0.2, 0) is 4.79 Å². The lowest BCUT2D eigenvalue weighted by molar-refractivity contribution is -0.384. The van der Waals surface area contributed by atoms with Gasteiger partial charge in [-0.15, -0.1) is 0 Å². The highest BCUT2D eigenvalue weighted by molar-refractivity contribution is 5.97. The summed E-state index contributed by atoms with van der Waals surface area (Å²) in [6.45, 7) is 3.10. The summed E-state index contributed by atoms with van der Waals surface area (Å²) in [6, 6.07) is 6.99. The van der Waals surface area contributed by atoms with Crippen molar-refractivity contribution in [2.45, 2.75) is 25.9 Å². The molecule has 2 unspecified atom stereocenters. The van der Waals surface area contributed by atoms with Gasteiger partial charge < -0.3 is 10.2 Å². The van der Waals surface area contributed by atoms with Crippen LogP contribution >= 0.6 is 0 Å². The number of carbonyl (C=O) groups excluding carboxylic acids is 2. The van der Waals surface area contributed by atoms with E-state index >= 15 is 0 Å². The quantitative estimate of drug-likeness (QED) is 0.605. The van der Waals surface area contributed by atoms with Gasteiger partial charge in [-0.1, -0.05) is 12.1 Å². The van der Waals surface area contributed by atoms with Crippen LogP contribution in [0.1, 0.15) is 35.8 Å². The molecule has 0 aromatic heterocycles. The van der Waals surface area contributed by atoms with Crippen LogP contribution in [0.2, 0.25) is 0 Å². The molecular weight excluding hydrogens is 372 g/mol. The molecular formula is C19H19F2N3O4. The summed E-state index contributed by atoms with van der Waals surface area (Å²) in [4.78, 5) is 36.4. The van der Waals surface area contributed by atoms with Gasteiger partial charge in [0.2, 0.25) is 5.91 Å². The van der Waals surface area contributed by atoms with Crippen molar-refractivity contribution in [2.75, 3.05) is 7.05 Å². The summed E-state index contributed by atoms with van der Waals surface area (Å²) in [5.41, 5.74) is 0.202. The Balaban J connectivity index is 2.08. The first kappa shape index (κ1) is 20.9. The minimum atomic E-state index is -1.02. The van der Waals surface area contributed by atoms with Gasteiger partial charge in [0.25, 0.3) is 11.6 Å². The largest absolute Gasteiger partial charge is 0.341 e. The van der Waals surface area contributed by atoms with Crippen LogP contribution in [0.3, 0.4) is 0 Å². The number of nitrogens with one attached hydrogen (secondary N) is 1. The number of nitro groups is 1. The van der Waals surface area contributed by atoms with Crippen molar-refractivity contribution in [3.63, 3.8) is 0 Å². The standard InChI is InChI=1S/C19H19F2N3O4/c1-11(22-18(25)14-5-4-6-15(9-14)24(27)28)19(26)23(3)12(2)13-7-8-16(20)17(21)10-13/h4-12H,1-3H3,(H,22,25). The monoisotopic (exact) mass is 391 g/mol. The third-order valence-corrected chi connectivity index (χ3v) is 4.39. The second kappa shape index (κ2) is 8.55. The second-order valence-electron chi connectivity index (χ2n) is 6.30. The molecule has 2 aromatic rings. The Bertz CT molecular complexity index is 920. The molecule has 2 amide bonds. The maximum absolute atomic E-state index is 13.4. The molecule has 0 aliphatic rings. The lowest BCUT2D eigenvalue weighted by atomic mass is 10.1. The van der Waals surface area contributed by atoms with Gasteiger partial charge in [-0.05, 0) is 37.6 Å². The molecule has 0 fully saturated rings. The van der Waals surface area contributed by atoms with E-state index in [9.17, 15) is 28.5 Å². The molecule has 0 heterocycles. The average Bonchev–Trinajstić information content (AvgIpc) is 2.68. The summed E-state index contributed by atoms with van der Waals surface area (Å²) < 4.78 is 26.5. The molecule has 0 radical (unpaired) electrons. The highest BCUT2D eigenvalue weighted by Gasteiger charge is 2.25. The van der Waals surface area contributed by atoms with Gasteiger partial charge in [0.15, 0.2) is 11.6 Å². The van der Waals surface area contributed by atoms with Crippen LogP contribution in [0.25, 0.3) is 0 Å². The lowest BCUT2D eigenvalue weighted by Crippen LogP contribution is -2.46. The first-order valence-electron chi connectivity index (χ1n) is 8.38. The molecule has 0 saturated heterocycles. The molecule has 0 aliphatic heterocycles. The summed E-state index contributed by atoms with van der Waals surface area (Å²) in [7, 11) is 1.48. The van der Waals surface area contributed by atoms with Gasteiger partial charge in [-0.2, -0.15) is 0 Å². The van der Waals surface area contributed by atoms with E-state index in [4.69, 9.17) is 0 Å². The summed E-state index contributed by atoms with van der Waals surface area (Å²) in [5, 5.41) is 13.3. The number of nitro benzene ring substituents is 1. The van der Waals surface area contributed by atoms with Gasteiger partial charge in [0.05, 0.1) is 11.0 Å². The number of non-ortho nitro benzene ring substituents is 1. The third kappa shape index (κ3) is 4.67. The van der Waals surface area contributed by atoms with Crippen LogP contribution in [0, 0.1) is 21.7 Å². The summed E-state index contributed by atoms with van der Waals surface area (Å²) >= 11 is 0. The number of hydrogen-bond donors (Lipinski definition) is 1.